The molecular formula is C27H44O8. The monoisotopic (exact) mass is 496 g/mol. The first-order valence-corrected chi connectivity index (χ1v) is 13.2. The highest BCUT2D eigenvalue weighted by Crippen LogP contribution is 2.68. The molecule has 4 aliphatic rings. The van der Waals surface area contributed by atoms with E-state index >= 15 is 0 Å². The van der Waals surface area contributed by atoms with Crippen LogP contribution in [0.5, 0.6) is 0 Å². The maximum atomic E-state index is 13.3. The molecule has 0 aromatic rings. The summed E-state index contributed by atoms with van der Waals surface area (Å²) in [5.74, 6) is -1.33. The van der Waals surface area contributed by atoms with E-state index in [2.05, 4.69) is 0 Å². The third kappa shape index (κ3) is 3.87. The van der Waals surface area contributed by atoms with Gasteiger partial charge in [-0.05, 0) is 80.3 Å². The second kappa shape index (κ2) is 9.15. The summed E-state index contributed by atoms with van der Waals surface area (Å²) >= 11 is 0. The molecule has 0 radical (unpaired) electrons. The molecular weight excluding hydrogens is 452 g/mol. The van der Waals surface area contributed by atoms with Gasteiger partial charge >= 0.3 is 0 Å². The molecule has 3 saturated carbocycles. The van der Waals surface area contributed by atoms with Crippen molar-refractivity contribution in [2.75, 3.05) is 13.2 Å². The Morgan fingerprint density at radius 3 is 2.40 bits per heavy atom. The highest BCUT2D eigenvalue weighted by molar-refractivity contribution is 5.95. The maximum absolute atomic E-state index is 13.3. The van der Waals surface area contributed by atoms with E-state index < -0.39 is 58.8 Å². The summed E-state index contributed by atoms with van der Waals surface area (Å²) in [6.45, 7) is 5.05. The van der Waals surface area contributed by atoms with Gasteiger partial charge in [-0.2, -0.15) is 0 Å². The van der Waals surface area contributed by atoms with Gasteiger partial charge in [0.2, 0.25) is 0 Å². The van der Waals surface area contributed by atoms with Crippen LogP contribution in [0.1, 0.15) is 72.1 Å². The molecule has 0 aromatic carbocycles. The average molecular weight is 497 g/mol. The van der Waals surface area contributed by atoms with Gasteiger partial charge in [0.15, 0.2) is 5.78 Å². The Hall–Kier alpha value is -0.870. The molecule has 0 heterocycles. The first-order chi connectivity index (χ1) is 16.3. The van der Waals surface area contributed by atoms with Gasteiger partial charge in [-0.25, -0.2) is 0 Å². The average Bonchev–Trinajstić information content (AvgIpc) is 3.10. The molecule has 0 unspecified atom stereocenters. The number of ketones is 1. The second-order valence-corrected chi connectivity index (χ2v) is 12.6. The minimum atomic E-state index is -1.82. The van der Waals surface area contributed by atoms with Gasteiger partial charge in [-0.15, -0.1) is 0 Å². The van der Waals surface area contributed by atoms with Crippen molar-refractivity contribution in [1.82, 2.24) is 0 Å². The van der Waals surface area contributed by atoms with Crippen LogP contribution in [0.4, 0.5) is 0 Å². The molecule has 0 aromatic heterocycles. The summed E-state index contributed by atoms with van der Waals surface area (Å²) in [7, 11) is 0. The molecule has 0 spiro atoms. The molecule has 3 fully saturated rings. The molecule has 4 rings (SSSR count). The van der Waals surface area contributed by atoms with Gasteiger partial charge < -0.3 is 35.7 Å². The fraction of sp³-hybridized carbons (Fsp3) is 0.889. The van der Waals surface area contributed by atoms with Crippen LogP contribution in [0, 0.1) is 34.5 Å². The zero-order chi connectivity index (χ0) is 26.0. The van der Waals surface area contributed by atoms with Crippen molar-refractivity contribution < 1.29 is 40.5 Å². The van der Waals surface area contributed by atoms with E-state index in [1.165, 1.54) is 0 Å². The lowest BCUT2D eigenvalue weighted by Gasteiger charge is -2.60. The Morgan fingerprint density at radius 2 is 1.77 bits per heavy atom. The number of hydrogen-bond acceptors (Lipinski definition) is 8. The van der Waals surface area contributed by atoms with Gasteiger partial charge in [0, 0.05) is 23.9 Å². The number of aliphatic hydroxyl groups is 7. The van der Waals surface area contributed by atoms with Crippen molar-refractivity contribution in [2.24, 2.45) is 34.5 Å². The van der Waals surface area contributed by atoms with Crippen molar-refractivity contribution in [3.05, 3.63) is 11.6 Å². The van der Waals surface area contributed by atoms with Crippen molar-refractivity contribution in [3.8, 4) is 0 Å². The van der Waals surface area contributed by atoms with Crippen LogP contribution in [0.15, 0.2) is 11.6 Å². The summed E-state index contributed by atoms with van der Waals surface area (Å²) < 4.78 is 0. The van der Waals surface area contributed by atoms with Gasteiger partial charge in [-0.3, -0.25) is 4.79 Å². The lowest BCUT2D eigenvalue weighted by molar-refractivity contribution is -0.194. The zero-order valence-electron chi connectivity index (χ0n) is 21.2. The van der Waals surface area contributed by atoms with Crippen molar-refractivity contribution in [3.63, 3.8) is 0 Å². The number of aliphatic hydroxyl groups excluding tert-OH is 5. The number of carbonyl (C=O) groups excluding carboxylic acids is 1. The lowest BCUT2D eigenvalue weighted by atomic mass is 9.45. The lowest BCUT2D eigenvalue weighted by Crippen LogP contribution is -2.64. The summed E-state index contributed by atoms with van der Waals surface area (Å²) in [5, 5.41) is 75.1. The van der Waals surface area contributed by atoms with E-state index in [-0.39, 0.29) is 43.5 Å². The Morgan fingerprint density at radius 1 is 1.09 bits per heavy atom. The minimum absolute atomic E-state index is 0.0276. The summed E-state index contributed by atoms with van der Waals surface area (Å²) in [6.07, 6.45) is 1.54. The van der Waals surface area contributed by atoms with E-state index in [1.807, 2.05) is 20.8 Å². The molecule has 0 saturated heterocycles. The van der Waals surface area contributed by atoms with Crippen LogP contribution in [-0.2, 0) is 4.79 Å². The SMILES string of the molecule is C[C@H](CO)CC[C@@H](O)[C@@](O)(CO)[C@H]1CC[C@@]2(O)C3=CC(=O)[C@@H]4C[C@@H](O)[C@@H](O)C[C@]4(C)[C@H]3CC[C@]12C. The fourth-order valence-corrected chi connectivity index (χ4v) is 8.40. The predicted molar refractivity (Wildman–Crippen MR) is 128 cm³/mol. The van der Waals surface area contributed by atoms with Crippen LogP contribution in [-0.4, -0.2) is 84.3 Å². The van der Waals surface area contributed by atoms with Gasteiger partial charge in [-0.1, -0.05) is 20.8 Å². The molecule has 8 nitrogen and oxygen atoms in total. The molecule has 0 bridgehead atoms. The number of hydrogen-bond donors (Lipinski definition) is 7. The van der Waals surface area contributed by atoms with Crippen LogP contribution >= 0.6 is 0 Å². The Bertz CT molecular complexity index is 860. The fourth-order valence-electron chi connectivity index (χ4n) is 8.40. The van der Waals surface area contributed by atoms with Crippen molar-refractivity contribution in [2.45, 2.75) is 102 Å². The summed E-state index contributed by atoms with van der Waals surface area (Å²) in [4.78, 5) is 13.3. The van der Waals surface area contributed by atoms with E-state index in [1.54, 1.807) is 6.08 Å². The van der Waals surface area contributed by atoms with Gasteiger partial charge in [0.1, 0.15) is 5.60 Å². The summed E-state index contributed by atoms with van der Waals surface area (Å²) in [5.41, 5.74) is -4.01. The van der Waals surface area contributed by atoms with Gasteiger partial charge in [0.25, 0.3) is 0 Å². The summed E-state index contributed by atoms with van der Waals surface area (Å²) in [6, 6.07) is 0. The molecule has 4 aliphatic carbocycles. The van der Waals surface area contributed by atoms with E-state index in [4.69, 9.17) is 0 Å². The largest absolute Gasteiger partial charge is 0.396 e. The first-order valence-electron chi connectivity index (χ1n) is 13.2. The predicted octanol–water partition coefficient (Wildman–Crippen LogP) is 0.684. The molecule has 7 N–H and O–H groups in total. The normalized spacial score (nSPS) is 46.6. The number of allylic oxidation sites excluding steroid dienone is 1. The van der Waals surface area contributed by atoms with Crippen molar-refractivity contribution in [1.29, 1.82) is 0 Å². The quantitative estimate of drug-likeness (QED) is 0.271. The van der Waals surface area contributed by atoms with Crippen LogP contribution in [0.2, 0.25) is 0 Å². The molecule has 200 valence electrons. The smallest absolute Gasteiger partial charge is 0.159 e. The van der Waals surface area contributed by atoms with Gasteiger partial charge in [0.05, 0.1) is 30.5 Å². The van der Waals surface area contributed by atoms with E-state index in [9.17, 15) is 40.5 Å². The number of fused-ring (bicyclic) bond motifs is 5. The second-order valence-electron chi connectivity index (χ2n) is 12.6. The third-order valence-corrected chi connectivity index (χ3v) is 10.8. The highest BCUT2D eigenvalue weighted by atomic mass is 16.4. The Balaban J connectivity index is 1.68. The molecule has 0 aliphatic heterocycles. The highest BCUT2D eigenvalue weighted by Gasteiger charge is 2.69. The topological polar surface area (TPSA) is 159 Å². The Labute approximate surface area is 207 Å². The van der Waals surface area contributed by atoms with Crippen LogP contribution < -0.4 is 0 Å². The molecule has 8 heteroatoms. The number of rotatable bonds is 7. The molecule has 35 heavy (non-hydrogen) atoms. The Kier molecular flexibility index (Phi) is 7.11. The van der Waals surface area contributed by atoms with Crippen LogP contribution in [0.25, 0.3) is 0 Å². The van der Waals surface area contributed by atoms with Crippen LogP contribution in [0.3, 0.4) is 0 Å². The standard InChI is InChI=1S/C27H44O8/c1-15(13-28)4-5-23(33)26(34,14-29)22-7-9-27(35)17-10-19(30)18-11-20(31)21(32)12-24(18,2)16(17)6-8-25(22,27)3/h10,15-16,18,20-23,28-29,31-35H,4-9,11-14H2,1-3H3/t15-,16-,18-,20+,21-,22-,23+,24+,25+,26+,27+/m0/s1. The third-order valence-electron chi connectivity index (χ3n) is 10.8. The van der Waals surface area contributed by atoms with E-state index in [0.717, 1.165) is 0 Å². The molecule has 0 amide bonds. The first kappa shape index (κ1) is 27.2. The van der Waals surface area contributed by atoms with Crippen molar-refractivity contribution >= 4 is 5.78 Å². The minimum Gasteiger partial charge on any atom is -0.396 e. The zero-order valence-corrected chi connectivity index (χ0v) is 21.2. The van der Waals surface area contributed by atoms with E-state index in [0.29, 0.717) is 37.7 Å². The molecule has 11 atom stereocenters. The number of carbonyl (C=O) groups is 1. The maximum Gasteiger partial charge on any atom is 0.159 e.